The molecule has 2 saturated heterocycles. The second-order valence-electron chi connectivity index (χ2n) is 11.6. The maximum atomic E-state index is 6.38. The molecule has 4 aromatic rings. The van der Waals surface area contributed by atoms with E-state index < -0.39 is 0 Å². The van der Waals surface area contributed by atoms with Gasteiger partial charge < -0.3 is 9.47 Å². The van der Waals surface area contributed by atoms with E-state index in [1.54, 1.807) is 0 Å². The van der Waals surface area contributed by atoms with Crippen molar-refractivity contribution in [2.45, 2.75) is 38.1 Å². The van der Waals surface area contributed by atoms with Crippen LogP contribution in [0.2, 0.25) is 0 Å². The summed E-state index contributed by atoms with van der Waals surface area (Å²) in [6.45, 7) is 4.08. The molecular formula is C37H40N4O2. The van der Waals surface area contributed by atoms with E-state index in [-0.39, 0.29) is 5.41 Å². The first kappa shape index (κ1) is 28.8. The molecule has 2 fully saturated rings. The molecule has 4 aromatic carbocycles. The zero-order chi connectivity index (χ0) is 29.2. The van der Waals surface area contributed by atoms with E-state index in [2.05, 4.69) is 132 Å². The van der Waals surface area contributed by atoms with Crippen LogP contribution in [0.3, 0.4) is 0 Å². The van der Waals surface area contributed by atoms with Gasteiger partial charge in [-0.2, -0.15) is 10.2 Å². The lowest BCUT2D eigenvalue weighted by Gasteiger charge is -2.31. The van der Waals surface area contributed by atoms with Gasteiger partial charge in [-0.1, -0.05) is 121 Å². The smallest absolute Gasteiger partial charge is 0.0912 e. The second kappa shape index (κ2) is 14.3. The number of ether oxygens (including phenoxy) is 2. The summed E-state index contributed by atoms with van der Waals surface area (Å²) >= 11 is 0. The number of hydrazone groups is 2. The molecule has 0 aromatic heterocycles. The van der Waals surface area contributed by atoms with Gasteiger partial charge in [-0.05, 0) is 35.1 Å². The van der Waals surface area contributed by atoms with Crippen LogP contribution in [0, 0.1) is 5.41 Å². The Labute approximate surface area is 255 Å². The van der Waals surface area contributed by atoms with Gasteiger partial charge in [0.25, 0.3) is 0 Å². The highest BCUT2D eigenvalue weighted by atomic mass is 16.5. The van der Waals surface area contributed by atoms with Gasteiger partial charge in [-0.15, -0.1) is 0 Å². The predicted molar refractivity (Wildman–Crippen MR) is 173 cm³/mol. The van der Waals surface area contributed by atoms with Crippen molar-refractivity contribution < 1.29 is 9.47 Å². The van der Waals surface area contributed by atoms with Gasteiger partial charge in [-0.3, -0.25) is 10.0 Å². The Morgan fingerprint density at radius 2 is 0.930 bits per heavy atom. The summed E-state index contributed by atoms with van der Waals surface area (Å²) in [5.41, 5.74) is 4.62. The third kappa shape index (κ3) is 8.40. The number of benzene rings is 4. The van der Waals surface area contributed by atoms with Crippen molar-refractivity contribution in [2.75, 3.05) is 26.3 Å². The Bertz CT molecular complexity index is 1330. The molecule has 2 aliphatic rings. The highest BCUT2D eigenvalue weighted by Crippen LogP contribution is 2.36. The summed E-state index contributed by atoms with van der Waals surface area (Å²) in [5, 5.41) is 14.0. The summed E-state index contributed by atoms with van der Waals surface area (Å²) in [6.07, 6.45) is 5.56. The largest absolute Gasteiger partial charge is 0.376 e. The zero-order valence-corrected chi connectivity index (χ0v) is 24.6. The van der Waals surface area contributed by atoms with E-state index in [9.17, 15) is 0 Å². The molecule has 0 radical (unpaired) electrons. The lowest BCUT2D eigenvalue weighted by molar-refractivity contribution is -0.0253. The van der Waals surface area contributed by atoms with Crippen LogP contribution >= 0.6 is 0 Å². The van der Waals surface area contributed by atoms with Crippen molar-refractivity contribution in [3.8, 4) is 0 Å². The molecule has 43 heavy (non-hydrogen) atoms. The summed E-state index contributed by atoms with van der Waals surface area (Å²) in [7, 11) is 0. The van der Waals surface area contributed by atoms with Crippen LogP contribution < -0.4 is 0 Å². The first-order valence-corrected chi connectivity index (χ1v) is 15.2. The first-order valence-electron chi connectivity index (χ1n) is 15.2. The first-order chi connectivity index (χ1) is 21.3. The van der Waals surface area contributed by atoms with Crippen molar-refractivity contribution in [1.29, 1.82) is 0 Å². The molecule has 6 heteroatoms. The number of hydrogen-bond acceptors (Lipinski definition) is 6. The maximum Gasteiger partial charge on any atom is 0.0912 e. The monoisotopic (exact) mass is 572 g/mol. The van der Waals surface area contributed by atoms with Crippen molar-refractivity contribution in [3.05, 3.63) is 144 Å². The van der Waals surface area contributed by atoms with Crippen LogP contribution in [0.1, 0.15) is 47.2 Å². The van der Waals surface area contributed by atoms with E-state index in [1.807, 2.05) is 12.1 Å². The summed E-state index contributed by atoms with van der Waals surface area (Å²) in [6, 6.07) is 42.5. The summed E-state index contributed by atoms with van der Waals surface area (Å²) in [5.74, 6) is 0. The molecule has 0 N–H and O–H groups in total. The molecule has 0 spiro atoms. The van der Waals surface area contributed by atoms with Gasteiger partial charge in [0.05, 0.1) is 51.6 Å². The van der Waals surface area contributed by atoms with Crippen LogP contribution in [-0.4, -0.2) is 48.8 Å². The number of rotatable bonds is 16. The minimum atomic E-state index is -0.312. The highest BCUT2D eigenvalue weighted by molar-refractivity contribution is 5.63. The molecule has 6 rings (SSSR count). The average Bonchev–Trinajstić information content (AvgIpc) is 4.00. The third-order valence-electron chi connectivity index (χ3n) is 8.09. The van der Waals surface area contributed by atoms with E-state index in [4.69, 9.17) is 19.7 Å². The Hall–Kier alpha value is -4.26. The molecule has 2 atom stereocenters. The molecule has 2 heterocycles. The second-order valence-corrected chi connectivity index (χ2v) is 11.6. The average molecular weight is 573 g/mol. The lowest BCUT2D eigenvalue weighted by Crippen LogP contribution is -2.34. The molecule has 0 aliphatic carbocycles. The van der Waals surface area contributed by atoms with Gasteiger partial charge in [0.1, 0.15) is 0 Å². The standard InChI is InChI=1S/C37H40N4O2/c1-5-13-31(14-6-1)27-42-29-37(30-43-28-32-15-7-2-8-16-32,21-23-38-40-25-35(40)33-17-9-3-10-18-33)22-24-39-41-26-36(41)34-19-11-4-12-20-34/h1-20,23-24,35-36H,21-22,25-30H2/b38-23+,39-24+. The fourth-order valence-electron chi connectivity index (χ4n) is 5.38. The Morgan fingerprint density at radius 3 is 1.33 bits per heavy atom. The summed E-state index contributed by atoms with van der Waals surface area (Å²) < 4.78 is 12.8. The van der Waals surface area contributed by atoms with Gasteiger partial charge in [0.2, 0.25) is 0 Å². The SMILES string of the molecule is C(/CC(C/C=N/N1CC1c1ccccc1)(COCc1ccccc1)COCc1ccccc1)=N\N1CC1c1ccccc1. The third-order valence-corrected chi connectivity index (χ3v) is 8.09. The van der Waals surface area contributed by atoms with E-state index in [1.165, 1.54) is 11.1 Å². The van der Waals surface area contributed by atoms with Gasteiger partial charge >= 0.3 is 0 Å². The predicted octanol–water partition coefficient (Wildman–Crippen LogP) is 7.27. The van der Waals surface area contributed by atoms with Crippen molar-refractivity contribution in [1.82, 2.24) is 10.0 Å². The Balaban J connectivity index is 1.15. The Kier molecular flexibility index (Phi) is 9.57. The quantitative estimate of drug-likeness (QED) is 0.105. The van der Waals surface area contributed by atoms with Gasteiger partial charge in [0.15, 0.2) is 0 Å². The molecule has 220 valence electrons. The van der Waals surface area contributed by atoms with Crippen LogP contribution in [0.4, 0.5) is 0 Å². The molecule has 2 aliphatic heterocycles. The normalized spacial score (nSPS) is 18.0. The van der Waals surface area contributed by atoms with Crippen molar-refractivity contribution >= 4 is 12.4 Å². The molecule has 0 bridgehead atoms. The fourth-order valence-corrected chi connectivity index (χ4v) is 5.38. The fraction of sp³-hybridized carbons (Fsp3) is 0.297. The van der Waals surface area contributed by atoms with Crippen LogP contribution in [0.15, 0.2) is 132 Å². The molecule has 0 amide bonds. The topological polar surface area (TPSA) is 49.2 Å². The zero-order valence-electron chi connectivity index (χ0n) is 24.6. The molecule has 0 saturated carbocycles. The minimum Gasteiger partial charge on any atom is -0.376 e. The van der Waals surface area contributed by atoms with Crippen molar-refractivity contribution in [3.63, 3.8) is 0 Å². The lowest BCUT2D eigenvalue weighted by atomic mass is 9.83. The molecule has 2 unspecified atom stereocenters. The molecular weight excluding hydrogens is 532 g/mol. The summed E-state index contributed by atoms with van der Waals surface area (Å²) in [4.78, 5) is 0. The van der Waals surface area contributed by atoms with Crippen LogP contribution in [0.25, 0.3) is 0 Å². The van der Waals surface area contributed by atoms with Gasteiger partial charge in [0, 0.05) is 17.8 Å². The van der Waals surface area contributed by atoms with E-state index in [0.717, 1.165) is 37.1 Å². The van der Waals surface area contributed by atoms with Crippen LogP contribution in [0.5, 0.6) is 0 Å². The highest BCUT2D eigenvalue weighted by Gasteiger charge is 2.36. The maximum absolute atomic E-state index is 6.38. The van der Waals surface area contributed by atoms with Crippen molar-refractivity contribution in [2.24, 2.45) is 15.6 Å². The number of hydrogen-bond donors (Lipinski definition) is 0. The van der Waals surface area contributed by atoms with E-state index >= 15 is 0 Å². The number of nitrogens with zero attached hydrogens (tertiary/aromatic N) is 4. The minimum absolute atomic E-state index is 0.312. The van der Waals surface area contributed by atoms with E-state index in [0.29, 0.717) is 38.5 Å². The van der Waals surface area contributed by atoms with Gasteiger partial charge in [-0.25, -0.2) is 0 Å². The Morgan fingerprint density at radius 1 is 0.558 bits per heavy atom. The van der Waals surface area contributed by atoms with Crippen LogP contribution in [-0.2, 0) is 22.7 Å². The molecule has 6 nitrogen and oxygen atoms in total.